The second-order valence-electron chi connectivity index (χ2n) is 13.9. The van der Waals surface area contributed by atoms with E-state index in [1.165, 1.54) is 9.80 Å². The Hall–Kier alpha value is -4.22. The van der Waals surface area contributed by atoms with E-state index in [4.69, 9.17) is 10.2 Å². The Bertz CT molecular complexity index is 1790. The Kier molecular flexibility index (Phi) is 19.8. The van der Waals surface area contributed by atoms with E-state index in [2.05, 4.69) is 27.7 Å². The molecule has 2 atom stereocenters. The number of aliphatic hydroxyl groups excluding tert-OH is 2. The van der Waals surface area contributed by atoms with E-state index in [1.807, 2.05) is 70.3 Å². The average molecular weight is 810 g/mol. The van der Waals surface area contributed by atoms with Gasteiger partial charge < -0.3 is 35.0 Å². The first-order valence-electron chi connectivity index (χ1n) is 19.7. The molecule has 2 aromatic carbocycles. The lowest BCUT2D eigenvalue weighted by Gasteiger charge is -2.34. The minimum Gasteiger partial charge on any atom is -1.00 e. The summed E-state index contributed by atoms with van der Waals surface area (Å²) in [6.07, 6.45) is 15.0. The van der Waals surface area contributed by atoms with Crippen molar-refractivity contribution in [3.63, 3.8) is 0 Å². The Morgan fingerprint density at radius 1 is 0.536 bits per heavy atom. The van der Waals surface area contributed by atoms with Crippen molar-refractivity contribution in [2.45, 2.75) is 92.9 Å². The van der Waals surface area contributed by atoms with Crippen LogP contribution in [0.5, 0.6) is 0 Å². The highest BCUT2D eigenvalue weighted by Crippen LogP contribution is 2.42. The molecule has 0 fully saturated rings. The van der Waals surface area contributed by atoms with Crippen LogP contribution in [0.15, 0.2) is 73.3 Å². The number of imide groups is 2. The molecule has 4 heterocycles. The number of halogens is 2. The van der Waals surface area contributed by atoms with Gasteiger partial charge in [-0.25, -0.2) is 0 Å². The van der Waals surface area contributed by atoms with Crippen molar-refractivity contribution in [2.24, 2.45) is 11.8 Å². The maximum Gasteiger partial charge on any atom is 0.268 e. The second kappa shape index (κ2) is 23.1. The Balaban J connectivity index is 0.00000127. The van der Waals surface area contributed by atoms with Gasteiger partial charge in [0.15, 0.2) is 24.8 Å². The first kappa shape index (κ1) is 47.9. The first-order valence-corrected chi connectivity index (χ1v) is 19.7. The zero-order valence-corrected chi connectivity index (χ0v) is 35.2. The van der Waals surface area contributed by atoms with Crippen molar-refractivity contribution in [2.75, 3.05) is 26.3 Å². The highest BCUT2D eigenvalue weighted by Gasteiger charge is 2.46. The van der Waals surface area contributed by atoms with Gasteiger partial charge >= 0.3 is 0 Å². The lowest BCUT2D eigenvalue weighted by atomic mass is 9.83. The molecule has 0 bridgehead atoms. The molecule has 0 saturated heterocycles. The molecule has 6 rings (SSSR count). The molecule has 10 nitrogen and oxygen atoms in total. The van der Waals surface area contributed by atoms with Crippen LogP contribution in [0.25, 0.3) is 22.1 Å². The van der Waals surface area contributed by atoms with Crippen LogP contribution in [-0.2, 0) is 0 Å². The normalized spacial score (nSPS) is 13.9. The molecule has 2 N–H and O–H groups in total. The van der Waals surface area contributed by atoms with Gasteiger partial charge in [-0.2, -0.15) is 9.13 Å². The molecule has 2 unspecified atom stereocenters. The molecule has 2 aromatic heterocycles. The van der Waals surface area contributed by atoms with Gasteiger partial charge in [0.2, 0.25) is 11.4 Å². The van der Waals surface area contributed by atoms with Gasteiger partial charge in [0.25, 0.3) is 23.6 Å². The zero-order chi connectivity index (χ0) is 39.4. The van der Waals surface area contributed by atoms with Crippen molar-refractivity contribution in [3.05, 3.63) is 95.6 Å². The van der Waals surface area contributed by atoms with Crippen molar-refractivity contribution >= 4 is 34.4 Å². The number of amides is 4. The van der Waals surface area contributed by atoms with Crippen LogP contribution >= 0.6 is 0 Å². The summed E-state index contributed by atoms with van der Waals surface area (Å²) in [6, 6.07) is 14.8. The van der Waals surface area contributed by atoms with Crippen LogP contribution in [0, 0.1) is 11.8 Å². The standard InChI is InChI=1S/C40H46N4O4.2C2H6O.2ClH/c1-5-9-17-27(7-3)25-43-37(45)29-23-32(42-21-15-12-16-22-42)36-34-30(38(46)44(40(36)48)26-28(8-4)18-10-6-2)24-31(35(33(29)34)39(43)47)41-19-13-11-14-20-41;2*1-2-3;;/h11-16,19-24,27-28H,5-10,17-18,25-26H2,1-4H3;2*3H,2H2,1H3;2*1H/q+2;;;;/p-2. The largest absolute Gasteiger partial charge is 1.00 e. The van der Waals surface area contributed by atoms with Gasteiger partial charge in [0.1, 0.15) is 11.1 Å². The number of unbranched alkanes of at least 4 members (excludes halogenated alkanes) is 2. The van der Waals surface area contributed by atoms with E-state index in [0.29, 0.717) is 57.5 Å². The number of nitrogens with zero attached hydrogens (tertiary/aromatic N) is 4. The van der Waals surface area contributed by atoms with Gasteiger partial charge in [0.05, 0.1) is 11.1 Å². The van der Waals surface area contributed by atoms with Crippen LogP contribution in [0.2, 0.25) is 0 Å². The third-order valence-corrected chi connectivity index (χ3v) is 10.2. The molecule has 304 valence electrons. The average Bonchev–Trinajstić information content (AvgIpc) is 3.19. The second-order valence-corrected chi connectivity index (χ2v) is 13.9. The maximum atomic E-state index is 14.6. The van der Waals surface area contributed by atoms with Crippen LogP contribution in [0.3, 0.4) is 0 Å². The molecule has 4 amide bonds. The molecule has 12 heteroatoms. The van der Waals surface area contributed by atoms with E-state index in [1.54, 1.807) is 26.0 Å². The Labute approximate surface area is 344 Å². The smallest absolute Gasteiger partial charge is 0.268 e. The van der Waals surface area contributed by atoms with Crippen molar-refractivity contribution in [1.82, 2.24) is 9.80 Å². The minimum atomic E-state index is -0.389. The fourth-order valence-electron chi connectivity index (χ4n) is 7.33. The van der Waals surface area contributed by atoms with E-state index in [9.17, 15) is 19.2 Å². The van der Waals surface area contributed by atoms with Gasteiger partial charge in [-0.1, -0.05) is 78.4 Å². The molecule has 2 aliphatic heterocycles. The maximum absolute atomic E-state index is 14.6. The van der Waals surface area contributed by atoms with Gasteiger partial charge in [0, 0.05) is 73.5 Å². The molecule has 0 saturated carbocycles. The van der Waals surface area contributed by atoms with Crippen LogP contribution in [0.1, 0.15) is 134 Å². The third-order valence-electron chi connectivity index (χ3n) is 10.2. The van der Waals surface area contributed by atoms with E-state index in [0.717, 1.165) is 51.4 Å². The SMILES string of the molecule is CCCCC(CC)CN1C(=O)c2cc(-[n+]3ccccc3)c3c4c(cc(-[n+]5ccccc5)c(c24)C1=O)C(=O)N(CC(CC)CCCC)C3=O.CCO.CCO.[Cl-].[Cl-]. The summed E-state index contributed by atoms with van der Waals surface area (Å²) in [5, 5.41) is 15.9. The number of hydrogen-bond acceptors (Lipinski definition) is 6. The number of rotatable bonds is 14. The Morgan fingerprint density at radius 2 is 0.857 bits per heavy atom. The fraction of sp³-hybridized carbons (Fsp3) is 0.455. The molecule has 0 radical (unpaired) electrons. The van der Waals surface area contributed by atoms with Crippen molar-refractivity contribution < 1.29 is 63.3 Å². The lowest BCUT2D eigenvalue weighted by molar-refractivity contribution is -0.596. The highest BCUT2D eigenvalue weighted by atomic mass is 35.5. The summed E-state index contributed by atoms with van der Waals surface area (Å²) < 4.78 is 3.66. The summed E-state index contributed by atoms with van der Waals surface area (Å²) in [5.74, 6) is -1.22. The molecule has 4 aromatic rings. The first-order chi connectivity index (χ1) is 26.2. The summed E-state index contributed by atoms with van der Waals surface area (Å²) >= 11 is 0. The van der Waals surface area contributed by atoms with Crippen molar-refractivity contribution in [1.29, 1.82) is 0 Å². The Morgan fingerprint density at radius 3 is 1.14 bits per heavy atom. The molecule has 0 aliphatic carbocycles. The number of hydrogen-bond donors (Lipinski definition) is 2. The molecule has 56 heavy (non-hydrogen) atoms. The molecule has 0 spiro atoms. The van der Waals surface area contributed by atoms with Gasteiger partial charge in [-0.05, 0) is 38.5 Å². The number of aromatic nitrogens is 2. The van der Waals surface area contributed by atoms with E-state index < -0.39 is 0 Å². The number of aliphatic hydroxyl groups is 2. The van der Waals surface area contributed by atoms with E-state index >= 15 is 0 Å². The number of carbonyl (C=O) groups is 4. The molecule has 2 aliphatic rings. The van der Waals surface area contributed by atoms with Crippen molar-refractivity contribution in [3.8, 4) is 11.4 Å². The predicted molar refractivity (Wildman–Crippen MR) is 210 cm³/mol. The monoisotopic (exact) mass is 808 g/mol. The lowest BCUT2D eigenvalue weighted by Crippen LogP contribution is -3.00. The summed E-state index contributed by atoms with van der Waals surface area (Å²) in [7, 11) is 0. The van der Waals surface area contributed by atoms with Crippen LogP contribution < -0.4 is 33.9 Å². The highest BCUT2D eigenvalue weighted by molar-refractivity contribution is 6.35. The number of benzene rings is 2. The molecular formula is C44H58Cl2N4O6. The van der Waals surface area contributed by atoms with Gasteiger partial charge in [-0.3, -0.25) is 29.0 Å². The zero-order valence-electron chi connectivity index (χ0n) is 33.6. The topological polar surface area (TPSA) is 123 Å². The van der Waals surface area contributed by atoms with Gasteiger partial charge in [-0.15, -0.1) is 0 Å². The van der Waals surface area contributed by atoms with Crippen LogP contribution in [0.4, 0.5) is 0 Å². The van der Waals surface area contributed by atoms with Crippen LogP contribution in [-0.4, -0.2) is 69.9 Å². The number of pyridine rings is 2. The predicted octanol–water partition coefficient (Wildman–Crippen LogP) is 1.02. The third kappa shape index (κ3) is 10.2. The number of carbonyl (C=O) groups excluding carboxylic acids is 4. The summed E-state index contributed by atoms with van der Waals surface area (Å²) in [6.45, 7) is 13.0. The summed E-state index contributed by atoms with van der Waals surface area (Å²) in [5.41, 5.74) is 2.41. The quantitative estimate of drug-likeness (QED) is 0.145. The minimum absolute atomic E-state index is 0. The fourth-order valence-corrected chi connectivity index (χ4v) is 7.33. The molecular weight excluding hydrogens is 751 g/mol. The summed E-state index contributed by atoms with van der Waals surface area (Å²) in [4.78, 5) is 61.1. The van der Waals surface area contributed by atoms with E-state index in [-0.39, 0.29) is 73.5 Å².